The largest absolute Gasteiger partial charge is 0.456 e. The molecule has 4 radical (unpaired) electrons. The molecule has 10 heavy (non-hydrogen) atoms. The molecule has 0 aliphatic heterocycles. The molecule has 0 unspecified atom stereocenters. The van der Waals surface area contributed by atoms with Crippen molar-refractivity contribution in [3.8, 4) is 0 Å². The van der Waals surface area contributed by atoms with Gasteiger partial charge in [0.05, 0.1) is 0 Å². The molecule has 60 valence electrons. The molecule has 0 heterocycles. The molecule has 0 aliphatic rings. The zero-order valence-corrected chi connectivity index (χ0v) is 12.8. The first kappa shape index (κ1) is 13.8. The first-order chi connectivity index (χ1) is 3.71. The molecule has 0 aromatic carbocycles. The molecule has 0 aliphatic carbocycles. The van der Waals surface area contributed by atoms with E-state index in [0.29, 0.717) is 0 Å². The third kappa shape index (κ3) is 11.9. The molecule has 0 atom stereocenters. The fraction of sp³-hybridized carbons (Fsp3) is 1.00. The predicted octanol–water partition coefficient (Wildman–Crippen LogP) is 2.29. The maximum Gasteiger partial charge on any atom is 0.170 e. The first-order valence-corrected chi connectivity index (χ1v) is 10.2. The molecule has 0 N–H and O–H groups in total. The van der Waals surface area contributed by atoms with Gasteiger partial charge >= 0.3 is 0 Å². The van der Waals surface area contributed by atoms with Gasteiger partial charge in [0.2, 0.25) is 0 Å². The molecule has 0 saturated heterocycles. The Morgan fingerprint density at radius 2 is 0.900 bits per heavy atom. The van der Waals surface area contributed by atoms with Crippen LogP contribution in [0.25, 0.3) is 0 Å². The Hall–Kier alpha value is 1.19. The van der Waals surface area contributed by atoms with E-state index < -0.39 is 16.6 Å². The van der Waals surface area contributed by atoms with Crippen molar-refractivity contribution in [1.29, 1.82) is 0 Å². The summed E-state index contributed by atoms with van der Waals surface area (Å²) in [5.41, 5.74) is 0. The van der Waals surface area contributed by atoms with Gasteiger partial charge in [-0.05, 0) is 39.3 Å². The predicted molar refractivity (Wildman–Crippen MR) is 53.5 cm³/mol. The van der Waals surface area contributed by atoms with Gasteiger partial charge in [0, 0.05) is 23.9 Å². The van der Waals surface area contributed by atoms with Crippen molar-refractivity contribution < 1.29 is 4.12 Å². The van der Waals surface area contributed by atoms with E-state index >= 15 is 0 Å². The van der Waals surface area contributed by atoms with Crippen LogP contribution in [0, 0.1) is 0 Å². The molecule has 4 heteroatoms. The quantitative estimate of drug-likeness (QED) is 0.706. The Morgan fingerprint density at radius 1 is 0.700 bits per heavy atom. The Balaban J connectivity index is 0. The van der Waals surface area contributed by atoms with Crippen LogP contribution in [0.1, 0.15) is 0 Å². The smallest absolute Gasteiger partial charge is 0.170 e. The maximum atomic E-state index is 5.90. The number of hydrogen-bond donors (Lipinski definition) is 0. The van der Waals surface area contributed by atoms with Gasteiger partial charge in [0.25, 0.3) is 0 Å². The second-order valence-electron chi connectivity index (χ2n) is 4.33. The minimum Gasteiger partial charge on any atom is -0.456 e. The van der Waals surface area contributed by atoms with Crippen LogP contribution >= 0.6 is 0 Å². The molecule has 0 saturated carbocycles. The van der Waals surface area contributed by atoms with E-state index in [1.807, 2.05) is 0 Å². The van der Waals surface area contributed by atoms with E-state index in [1.165, 1.54) is 0 Å². The summed E-state index contributed by atoms with van der Waals surface area (Å²) in [6.45, 7) is 13.4. The maximum absolute atomic E-state index is 5.90. The molecule has 0 rings (SSSR count). The summed E-state index contributed by atoms with van der Waals surface area (Å²) >= 11 is 0. The van der Waals surface area contributed by atoms with Crippen LogP contribution in [-0.2, 0) is 4.12 Å². The van der Waals surface area contributed by atoms with Gasteiger partial charge in [-0.3, -0.25) is 0 Å². The Labute approximate surface area is 83.8 Å². The van der Waals surface area contributed by atoms with Gasteiger partial charge in [0.1, 0.15) is 0 Å². The van der Waals surface area contributed by atoms with E-state index in [2.05, 4.69) is 39.3 Å². The summed E-state index contributed by atoms with van der Waals surface area (Å²) in [5.74, 6) is 0. The molecule has 0 spiro atoms. The number of hydrogen-bond acceptors (Lipinski definition) is 1. The van der Waals surface area contributed by atoms with Gasteiger partial charge < -0.3 is 4.12 Å². The zero-order valence-electron chi connectivity index (χ0n) is 7.91. The topological polar surface area (TPSA) is 9.23 Å². The van der Waals surface area contributed by atoms with Gasteiger partial charge in [-0.15, -0.1) is 0 Å². The van der Waals surface area contributed by atoms with Crippen molar-refractivity contribution in [3.05, 3.63) is 0 Å². The minimum atomic E-state index is -1.23. The SMILES string of the molecule is C[Si](C)(C)O[Si](C)(C)C.[Sn]. The molecule has 0 aromatic rings. The Bertz CT molecular complexity index is 80.9. The summed E-state index contributed by atoms with van der Waals surface area (Å²) in [5, 5.41) is 0. The second kappa shape index (κ2) is 4.28. The molecular weight excluding hydrogens is 263 g/mol. The van der Waals surface area contributed by atoms with E-state index in [9.17, 15) is 0 Å². The molecule has 0 aromatic heterocycles. The Kier molecular flexibility index (Phi) is 5.88. The summed E-state index contributed by atoms with van der Waals surface area (Å²) < 4.78 is 5.90. The van der Waals surface area contributed by atoms with Crippen LogP contribution in [0.2, 0.25) is 39.3 Å². The standard InChI is InChI=1S/C6H18OSi2.Sn/c1-8(2,3)7-9(4,5)6;/h1-6H3;. The molecule has 0 fully saturated rings. The van der Waals surface area contributed by atoms with Crippen molar-refractivity contribution in [2.75, 3.05) is 0 Å². The van der Waals surface area contributed by atoms with Crippen molar-refractivity contribution in [2.24, 2.45) is 0 Å². The average Bonchev–Trinajstić information content (AvgIpc) is 1.14. The van der Waals surface area contributed by atoms with Gasteiger partial charge in [0.15, 0.2) is 16.6 Å². The molecule has 1 nitrogen and oxygen atoms in total. The van der Waals surface area contributed by atoms with Crippen molar-refractivity contribution in [3.63, 3.8) is 0 Å². The van der Waals surface area contributed by atoms with Crippen LogP contribution in [0.4, 0.5) is 0 Å². The number of rotatable bonds is 2. The third-order valence-electron chi connectivity index (χ3n) is 0.612. The van der Waals surface area contributed by atoms with Crippen LogP contribution in [0.5, 0.6) is 0 Å². The van der Waals surface area contributed by atoms with Gasteiger partial charge in [-0.25, -0.2) is 0 Å². The van der Waals surface area contributed by atoms with E-state index in [0.717, 1.165) is 0 Å². The van der Waals surface area contributed by atoms with Crippen molar-refractivity contribution in [1.82, 2.24) is 0 Å². The summed E-state index contributed by atoms with van der Waals surface area (Å²) in [6, 6.07) is 0. The van der Waals surface area contributed by atoms with Gasteiger partial charge in [-0.2, -0.15) is 0 Å². The normalized spacial score (nSPS) is 12.6. The van der Waals surface area contributed by atoms with Crippen LogP contribution in [0.15, 0.2) is 0 Å². The van der Waals surface area contributed by atoms with Crippen LogP contribution in [0.3, 0.4) is 0 Å². The fourth-order valence-corrected chi connectivity index (χ4v) is 8.27. The summed E-state index contributed by atoms with van der Waals surface area (Å²) in [4.78, 5) is 0. The van der Waals surface area contributed by atoms with E-state index in [4.69, 9.17) is 4.12 Å². The first-order valence-electron chi connectivity index (χ1n) is 3.41. The van der Waals surface area contributed by atoms with E-state index in [-0.39, 0.29) is 23.9 Å². The summed E-state index contributed by atoms with van der Waals surface area (Å²) in [6.07, 6.45) is 0. The minimum absolute atomic E-state index is 0. The summed E-state index contributed by atoms with van der Waals surface area (Å²) in [7, 11) is -2.46. The molecule has 0 bridgehead atoms. The van der Waals surface area contributed by atoms with E-state index in [1.54, 1.807) is 0 Å². The van der Waals surface area contributed by atoms with Crippen LogP contribution in [-0.4, -0.2) is 40.5 Å². The molecular formula is C6H18OSi2Sn. The average molecular weight is 281 g/mol. The van der Waals surface area contributed by atoms with Crippen molar-refractivity contribution >= 4 is 40.5 Å². The zero-order chi connectivity index (χ0) is 7.71. The van der Waals surface area contributed by atoms with Crippen LogP contribution < -0.4 is 0 Å². The monoisotopic (exact) mass is 282 g/mol. The fourth-order valence-electron chi connectivity index (χ4n) is 0.919. The third-order valence-corrected chi connectivity index (χ3v) is 5.51. The molecule has 0 amide bonds. The second-order valence-corrected chi connectivity index (χ2v) is 13.6. The van der Waals surface area contributed by atoms with Crippen molar-refractivity contribution in [2.45, 2.75) is 39.3 Å². The van der Waals surface area contributed by atoms with Gasteiger partial charge in [-0.1, -0.05) is 0 Å². The Morgan fingerprint density at radius 3 is 0.900 bits per heavy atom.